The molecule has 0 N–H and O–H groups in total. The van der Waals surface area contributed by atoms with Crippen molar-refractivity contribution in [3.63, 3.8) is 0 Å². The van der Waals surface area contributed by atoms with Gasteiger partial charge < -0.3 is 14.1 Å². The molecule has 0 fully saturated rings. The number of carbonyl (C=O) groups is 1. The summed E-state index contributed by atoms with van der Waals surface area (Å²) in [5, 5.41) is 5.51. The van der Waals surface area contributed by atoms with E-state index in [9.17, 15) is 13.2 Å². The number of aryl methyl sites for hydroxylation is 1. The van der Waals surface area contributed by atoms with Crippen LogP contribution < -0.4 is 4.74 Å². The molecule has 162 valence electrons. The maximum Gasteiger partial charge on any atom is 0.331 e. The van der Waals surface area contributed by atoms with Crippen LogP contribution in [0.5, 0.6) is 5.75 Å². The lowest BCUT2D eigenvalue weighted by Crippen LogP contribution is -2.04. The molecule has 1 aromatic heterocycles. The monoisotopic (exact) mass is 448 g/mol. The molecule has 0 spiro atoms. The first-order valence-corrected chi connectivity index (χ1v) is 11.7. The van der Waals surface area contributed by atoms with E-state index in [0.717, 1.165) is 27.4 Å². The molecule has 0 radical (unpaired) electrons. The molecule has 0 saturated carbocycles. The van der Waals surface area contributed by atoms with Crippen molar-refractivity contribution in [2.24, 2.45) is 5.16 Å². The topological polar surface area (TPSA) is 87.0 Å². The number of nitrogens with zero attached hydrogens (tertiary/aromatic N) is 2. The zero-order chi connectivity index (χ0) is 22.5. The minimum absolute atomic E-state index is 0.169. The van der Waals surface area contributed by atoms with Gasteiger partial charge in [-0.2, -0.15) is 0 Å². The third-order valence-electron chi connectivity index (χ3n) is 5.58. The van der Waals surface area contributed by atoms with Gasteiger partial charge in [0.05, 0.1) is 20.7 Å². The Morgan fingerprint density at radius 1 is 1.06 bits per heavy atom. The maximum atomic E-state index is 13.2. The van der Waals surface area contributed by atoms with Crippen LogP contribution in [0.2, 0.25) is 0 Å². The number of sulfone groups is 1. The molecule has 3 aromatic carbocycles. The predicted molar refractivity (Wildman–Crippen MR) is 121 cm³/mol. The van der Waals surface area contributed by atoms with Gasteiger partial charge in [0.1, 0.15) is 18.1 Å². The Morgan fingerprint density at radius 3 is 2.53 bits per heavy atom. The largest absolute Gasteiger partial charge is 0.486 e. The minimum atomic E-state index is -3.67. The highest BCUT2D eigenvalue weighted by Crippen LogP contribution is 2.41. The fourth-order valence-corrected chi connectivity index (χ4v) is 5.48. The van der Waals surface area contributed by atoms with Crippen molar-refractivity contribution in [1.29, 1.82) is 0 Å². The predicted octanol–water partition coefficient (Wildman–Crippen LogP) is 4.31. The van der Waals surface area contributed by atoms with Gasteiger partial charge in [-0.15, -0.1) is 0 Å². The Balaban J connectivity index is 1.77. The van der Waals surface area contributed by atoms with Gasteiger partial charge in [0, 0.05) is 29.9 Å². The third kappa shape index (κ3) is 3.06. The first-order chi connectivity index (χ1) is 15.4. The molecule has 7 nitrogen and oxygen atoms in total. The van der Waals surface area contributed by atoms with E-state index < -0.39 is 15.8 Å². The number of aromatic nitrogens is 1. The van der Waals surface area contributed by atoms with Crippen molar-refractivity contribution < 1.29 is 22.8 Å². The molecular weight excluding hydrogens is 428 g/mol. The van der Waals surface area contributed by atoms with Gasteiger partial charge in [0.15, 0.2) is 0 Å². The van der Waals surface area contributed by atoms with Gasteiger partial charge in [0.2, 0.25) is 9.84 Å². The van der Waals surface area contributed by atoms with Crippen LogP contribution in [0.1, 0.15) is 19.4 Å². The SMILES string of the molecule is CCn1c2ccc(S(=O)(=O)c3ccccc3)cc2c2c3c(ccc21)/C(=N\OC(C)=O)CO3. The molecule has 5 rings (SSSR count). The molecule has 1 aliphatic rings. The average molecular weight is 449 g/mol. The van der Waals surface area contributed by atoms with E-state index in [0.29, 0.717) is 18.0 Å². The summed E-state index contributed by atoms with van der Waals surface area (Å²) in [4.78, 5) is 16.4. The number of rotatable bonds is 4. The van der Waals surface area contributed by atoms with Gasteiger partial charge in [0.25, 0.3) is 0 Å². The molecule has 1 aliphatic heterocycles. The summed E-state index contributed by atoms with van der Waals surface area (Å²) in [6.45, 7) is 4.20. The Labute approximate surface area is 184 Å². The van der Waals surface area contributed by atoms with Gasteiger partial charge in [-0.25, -0.2) is 13.2 Å². The molecule has 2 heterocycles. The number of fused-ring (bicyclic) bond motifs is 5. The number of oxime groups is 1. The summed E-state index contributed by atoms with van der Waals surface area (Å²) >= 11 is 0. The van der Waals surface area contributed by atoms with Crippen molar-refractivity contribution in [2.45, 2.75) is 30.2 Å². The summed E-state index contributed by atoms with van der Waals surface area (Å²) in [7, 11) is -3.67. The van der Waals surface area contributed by atoms with Crippen LogP contribution >= 0.6 is 0 Å². The fourth-order valence-electron chi connectivity index (χ4n) is 4.17. The van der Waals surface area contributed by atoms with Crippen molar-refractivity contribution in [1.82, 2.24) is 4.57 Å². The molecule has 0 aliphatic carbocycles. The lowest BCUT2D eigenvalue weighted by Gasteiger charge is -2.06. The summed E-state index contributed by atoms with van der Waals surface area (Å²) in [6.07, 6.45) is 0. The highest BCUT2D eigenvalue weighted by atomic mass is 32.2. The number of ether oxygens (including phenoxy) is 1. The molecule has 32 heavy (non-hydrogen) atoms. The second kappa shape index (κ2) is 7.49. The van der Waals surface area contributed by atoms with Crippen LogP contribution in [0.15, 0.2) is 75.6 Å². The van der Waals surface area contributed by atoms with Crippen molar-refractivity contribution in [3.05, 3.63) is 66.2 Å². The highest BCUT2D eigenvalue weighted by molar-refractivity contribution is 7.91. The summed E-state index contributed by atoms with van der Waals surface area (Å²) < 4.78 is 34.5. The zero-order valence-corrected chi connectivity index (χ0v) is 18.3. The zero-order valence-electron chi connectivity index (χ0n) is 17.5. The fraction of sp³-hybridized carbons (Fsp3) is 0.167. The molecule has 0 bridgehead atoms. The van der Waals surface area contributed by atoms with E-state index >= 15 is 0 Å². The Morgan fingerprint density at radius 2 is 1.81 bits per heavy atom. The Kier molecular flexibility index (Phi) is 4.74. The summed E-state index contributed by atoms with van der Waals surface area (Å²) in [5.41, 5.74) is 3.09. The number of hydrogen-bond donors (Lipinski definition) is 0. The maximum absolute atomic E-state index is 13.2. The van der Waals surface area contributed by atoms with E-state index in [1.165, 1.54) is 6.92 Å². The first kappa shape index (κ1) is 20.3. The molecule has 0 atom stereocenters. The standard InChI is InChI=1S/C24H20N2O5S/c1-3-26-21-11-9-17(32(28,29)16-7-5-4-6-8-16)13-19(21)23-22(26)12-10-18-20(14-30-24(18)23)25-31-15(2)27/h4-13H,3,14H2,1-2H3/b25-20-. The van der Waals surface area contributed by atoms with Crippen LogP contribution in [0, 0.1) is 0 Å². The van der Waals surface area contributed by atoms with E-state index in [1.807, 2.05) is 25.1 Å². The van der Waals surface area contributed by atoms with E-state index in [2.05, 4.69) is 9.72 Å². The summed E-state index contributed by atoms with van der Waals surface area (Å²) in [5.74, 6) is 0.102. The van der Waals surface area contributed by atoms with Crippen molar-refractivity contribution in [3.8, 4) is 5.75 Å². The van der Waals surface area contributed by atoms with Gasteiger partial charge in [-0.3, -0.25) is 0 Å². The second-order valence-electron chi connectivity index (χ2n) is 7.49. The molecular formula is C24H20N2O5S. The number of hydrogen-bond acceptors (Lipinski definition) is 6. The third-order valence-corrected chi connectivity index (χ3v) is 7.35. The van der Waals surface area contributed by atoms with Crippen LogP contribution in [0.25, 0.3) is 21.8 Å². The van der Waals surface area contributed by atoms with Gasteiger partial charge in [-0.05, 0) is 49.4 Å². The molecule has 0 saturated heterocycles. The van der Waals surface area contributed by atoms with Gasteiger partial charge >= 0.3 is 5.97 Å². The quantitative estimate of drug-likeness (QED) is 0.343. The molecule has 4 aromatic rings. The first-order valence-electron chi connectivity index (χ1n) is 10.2. The minimum Gasteiger partial charge on any atom is -0.486 e. The smallest absolute Gasteiger partial charge is 0.331 e. The Hall–Kier alpha value is -3.65. The highest BCUT2D eigenvalue weighted by Gasteiger charge is 2.27. The van der Waals surface area contributed by atoms with E-state index in [-0.39, 0.29) is 16.4 Å². The normalized spacial score (nSPS) is 14.6. The number of carbonyl (C=O) groups excluding carboxylic acids is 1. The van der Waals surface area contributed by atoms with Crippen LogP contribution in [-0.4, -0.2) is 31.3 Å². The van der Waals surface area contributed by atoms with Crippen LogP contribution in [0.4, 0.5) is 0 Å². The molecule has 8 heteroatoms. The van der Waals surface area contributed by atoms with Gasteiger partial charge in [-0.1, -0.05) is 23.4 Å². The molecule has 0 amide bonds. The van der Waals surface area contributed by atoms with Crippen LogP contribution in [-0.2, 0) is 26.0 Å². The second-order valence-corrected chi connectivity index (χ2v) is 9.44. The average Bonchev–Trinajstić information content (AvgIpc) is 3.35. The molecule has 0 unspecified atom stereocenters. The Bertz CT molecular complexity index is 1520. The summed E-state index contributed by atoms with van der Waals surface area (Å²) in [6, 6.07) is 17.4. The van der Waals surface area contributed by atoms with E-state index in [4.69, 9.17) is 9.57 Å². The lowest BCUT2D eigenvalue weighted by atomic mass is 10.1. The van der Waals surface area contributed by atoms with E-state index in [1.54, 1.807) is 42.5 Å². The van der Waals surface area contributed by atoms with Crippen LogP contribution in [0.3, 0.4) is 0 Å². The van der Waals surface area contributed by atoms with Crippen molar-refractivity contribution >= 4 is 43.3 Å². The number of benzene rings is 3. The van der Waals surface area contributed by atoms with Crippen molar-refractivity contribution in [2.75, 3.05) is 6.61 Å². The lowest BCUT2D eigenvalue weighted by molar-refractivity contribution is -0.140.